The molecule has 0 aliphatic heterocycles. The molecule has 0 aromatic heterocycles. The largest absolute Gasteiger partial charge is 0.428 e. The molecule has 0 N–H and O–H groups in total. The third-order valence-corrected chi connectivity index (χ3v) is 2.72. The minimum absolute atomic E-state index is 1.02. The van der Waals surface area contributed by atoms with Gasteiger partial charge in [0, 0.05) is 6.92 Å². The van der Waals surface area contributed by atoms with Crippen LogP contribution in [0.15, 0.2) is 11.9 Å². The summed E-state index contributed by atoms with van der Waals surface area (Å²) in [5.74, 6) is -18.2. The van der Waals surface area contributed by atoms with Crippen LogP contribution in [0.5, 0.6) is 0 Å². The van der Waals surface area contributed by atoms with E-state index in [0.717, 1.165) is 0 Å². The average Bonchev–Trinajstić information content (AvgIpc) is 2.49. The first-order valence-corrected chi connectivity index (χ1v) is 6.72. The lowest BCUT2D eigenvalue weighted by molar-refractivity contribution is -0.566. The Labute approximate surface area is 162 Å². The highest BCUT2D eigenvalue weighted by molar-refractivity contribution is 5.02. The van der Waals surface area contributed by atoms with Crippen molar-refractivity contribution in [3.8, 4) is 0 Å². The standard InChI is InChI=1S/C11H4F18O3/c1-5(17,18)9(24,25)32-11(28,29)8(23,30-7(21,22)4(15)16)10(26,27)31-6(19,20)2(12)3(13)14/h4H,1H3. The summed E-state index contributed by atoms with van der Waals surface area (Å²) in [5.41, 5.74) is 0. The second-order valence-corrected chi connectivity index (χ2v) is 5.29. The van der Waals surface area contributed by atoms with E-state index in [9.17, 15) is 79.0 Å². The number of rotatable bonds is 11. The smallest absolute Gasteiger partial charge is 0.263 e. The fourth-order valence-corrected chi connectivity index (χ4v) is 1.22. The van der Waals surface area contributed by atoms with Crippen LogP contribution in [-0.2, 0) is 14.2 Å². The van der Waals surface area contributed by atoms with Gasteiger partial charge in [0.05, 0.1) is 0 Å². The summed E-state index contributed by atoms with van der Waals surface area (Å²) in [6, 6.07) is 0. The fraction of sp³-hybridized carbons (Fsp3) is 0.818. The van der Waals surface area contributed by atoms with Gasteiger partial charge >= 0.3 is 54.8 Å². The molecule has 0 aromatic carbocycles. The molecule has 0 heterocycles. The molecule has 0 fully saturated rings. The van der Waals surface area contributed by atoms with E-state index < -0.39 is 67.6 Å². The maximum atomic E-state index is 14.1. The van der Waals surface area contributed by atoms with Gasteiger partial charge < -0.3 is 0 Å². The van der Waals surface area contributed by atoms with Gasteiger partial charge in [0.2, 0.25) is 0 Å². The normalized spacial score (nSPS) is 16.9. The molecule has 0 aromatic rings. The summed E-state index contributed by atoms with van der Waals surface area (Å²) < 4.78 is 235. The molecule has 21 heteroatoms. The van der Waals surface area contributed by atoms with E-state index >= 15 is 0 Å². The Morgan fingerprint density at radius 1 is 0.594 bits per heavy atom. The summed E-state index contributed by atoms with van der Waals surface area (Å²) in [6.45, 7) is -1.02. The van der Waals surface area contributed by atoms with Crippen molar-refractivity contribution in [2.45, 2.75) is 55.7 Å². The van der Waals surface area contributed by atoms with E-state index in [0.29, 0.717) is 0 Å². The maximum Gasteiger partial charge on any atom is 0.428 e. The van der Waals surface area contributed by atoms with Crippen molar-refractivity contribution in [2.75, 3.05) is 0 Å². The molecule has 0 radical (unpaired) electrons. The second-order valence-electron chi connectivity index (χ2n) is 5.29. The van der Waals surface area contributed by atoms with Crippen LogP contribution in [0.3, 0.4) is 0 Å². The molecule has 192 valence electrons. The molecular weight excluding hydrogens is 522 g/mol. The van der Waals surface area contributed by atoms with E-state index in [1.807, 2.05) is 0 Å². The Hall–Kier alpha value is -1.64. The first kappa shape index (κ1) is 30.4. The van der Waals surface area contributed by atoms with E-state index in [2.05, 4.69) is 0 Å². The van der Waals surface area contributed by atoms with Gasteiger partial charge in [-0.25, -0.2) is 18.3 Å². The predicted molar refractivity (Wildman–Crippen MR) is 58.8 cm³/mol. The Morgan fingerprint density at radius 3 is 1.28 bits per heavy atom. The summed E-state index contributed by atoms with van der Waals surface area (Å²) in [6.07, 6.45) is -46.2. The Morgan fingerprint density at radius 2 is 0.969 bits per heavy atom. The van der Waals surface area contributed by atoms with Crippen LogP contribution >= 0.6 is 0 Å². The predicted octanol–water partition coefficient (Wildman–Crippen LogP) is 6.66. The van der Waals surface area contributed by atoms with Crippen molar-refractivity contribution in [1.82, 2.24) is 0 Å². The Bertz CT molecular complexity index is 693. The quantitative estimate of drug-likeness (QED) is 0.282. The van der Waals surface area contributed by atoms with Crippen molar-refractivity contribution in [3.05, 3.63) is 11.9 Å². The van der Waals surface area contributed by atoms with Crippen molar-refractivity contribution in [3.63, 3.8) is 0 Å². The minimum atomic E-state index is -7.86. The molecule has 0 aliphatic rings. The molecule has 0 amide bonds. The molecule has 0 rings (SSSR count). The topological polar surface area (TPSA) is 27.7 Å². The van der Waals surface area contributed by atoms with E-state index in [1.165, 1.54) is 0 Å². The monoisotopic (exact) mass is 526 g/mol. The fourth-order valence-electron chi connectivity index (χ4n) is 1.22. The van der Waals surface area contributed by atoms with Gasteiger partial charge in [-0.3, -0.25) is 4.74 Å². The van der Waals surface area contributed by atoms with E-state index in [1.54, 1.807) is 14.2 Å². The molecule has 0 saturated carbocycles. The van der Waals surface area contributed by atoms with Crippen LogP contribution < -0.4 is 0 Å². The SMILES string of the molecule is CC(F)(F)C(F)(F)OC(F)(F)C(F)(OC(F)(F)C(F)F)C(F)(F)OC(F)(F)C(F)=C(F)F. The lowest BCUT2D eigenvalue weighted by atomic mass is 10.2. The first-order chi connectivity index (χ1) is 13.7. The highest BCUT2D eigenvalue weighted by atomic mass is 19.3. The van der Waals surface area contributed by atoms with E-state index in [4.69, 9.17) is 0 Å². The number of alkyl halides is 15. The zero-order chi connectivity index (χ0) is 26.4. The van der Waals surface area contributed by atoms with Gasteiger partial charge in [-0.05, 0) is 0 Å². The highest BCUT2D eigenvalue weighted by Crippen LogP contribution is 2.54. The summed E-state index contributed by atoms with van der Waals surface area (Å²) in [7, 11) is 0. The average molecular weight is 526 g/mol. The minimum Gasteiger partial charge on any atom is -0.263 e. The first-order valence-electron chi connectivity index (χ1n) is 6.72. The lowest BCUT2D eigenvalue weighted by Crippen LogP contribution is -2.67. The van der Waals surface area contributed by atoms with Gasteiger partial charge in [0.15, 0.2) is 0 Å². The third kappa shape index (κ3) is 6.02. The molecule has 0 spiro atoms. The van der Waals surface area contributed by atoms with Crippen LogP contribution in [-0.4, -0.2) is 48.7 Å². The third-order valence-electron chi connectivity index (χ3n) is 2.72. The number of hydrogen-bond donors (Lipinski definition) is 0. The number of ether oxygens (including phenoxy) is 3. The van der Waals surface area contributed by atoms with Gasteiger partial charge in [-0.15, -0.1) is 0 Å². The van der Waals surface area contributed by atoms with Gasteiger partial charge in [-0.2, -0.15) is 70.2 Å². The van der Waals surface area contributed by atoms with Crippen LogP contribution in [0.1, 0.15) is 6.92 Å². The molecule has 1 atom stereocenters. The van der Waals surface area contributed by atoms with Crippen LogP contribution in [0.25, 0.3) is 0 Å². The van der Waals surface area contributed by atoms with Crippen molar-refractivity contribution in [2.24, 2.45) is 0 Å². The zero-order valence-electron chi connectivity index (χ0n) is 14.1. The molecule has 0 aliphatic carbocycles. The Kier molecular flexibility index (Phi) is 8.17. The summed E-state index contributed by atoms with van der Waals surface area (Å²) in [5, 5.41) is 0. The van der Waals surface area contributed by atoms with Gasteiger partial charge in [0.1, 0.15) is 0 Å². The van der Waals surface area contributed by atoms with Crippen LogP contribution in [0.4, 0.5) is 79.0 Å². The van der Waals surface area contributed by atoms with Crippen molar-refractivity contribution < 1.29 is 93.2 Å². The summed E-state index contributed by atoms with van der Waals surface area (Å²) >= 11 is 0. The van der Waals surface area contributed by atoms with Gasteiger partial charge in [-0.1, -0.05) is 0 Å². The molecule has 1 unspecified atom stereocenters. The maximum absolute atomic E-state index is 14.1. The molecule has 3 nitrogen and oxygen atoms in total. The summed E-state index contributed by atoms with van der Waals surface area (Å²) in [4.78, 5) is 0. The van der Waals surface area contributed by atoms with Crippen LogP contribution in [0, 0.1) is 0 Å². The number of halogens is 18. The number of hydrogen-bond acceptors (Lipinski definition) is 3. The lowest BCUT2D eigenvalue weighted by Gasteiger charge is -2.40. The van der Waals surface area contributed by atoms with Crippen molar-refractivity contribution in [1.29, 1.82) is 0 Å². The molecular formula is C11H4F18O3. The molecule has 0 saturated heterocycles. The van der Waals surface area contributed by atoms with E-state index in [-0.39, 0.29) is 0 Å². The molecule has 32 heavy (non-hydrogen) atoms. The zero-order valence-corrected chi connectivity index (χ0v) is 14.1. The molecule has 0 bridgehead atoms. The highest BCUT2D eigenvalue weighted by Gasteiger charge is 2.82. The second kappa shape index (κ2) is 8.61. The van der Waals surface area contributed by atoms with Crippen molar-refractivity contribution >= 4 is 0 Å². The van der Waals surface area contributed by atoms with Crippen LogP contribution in [0.2, 0.25) is 0 Å². The Balaban J connectivity index is 6.75. The van der Waals surface area contributed by atoms with Gasteiger partial charge in [0.25, 0.3) is 5.83 Å².